The Hall–Kier alpha value is -1.02. The summed E-state index contributed by atoms with van der Waals surface area (Å²) in [5.74, 6) is -0.199. The van der Waals surface area contributed by atoms with Gasteiger partial charge in [0.1, 0.15) is 13.2 Å². The van der Waals surface area contributed by atoms with E-state index in [9.17, 15) is 19.4 Å². The number of hydrogen-bond acceptors (Lipinski definition) is 5. The topological polar surface area (TPSA) is 105 Å². The highest BCUT2D eigenvalue weighted by Crippen LogP contribution is 2.43. The Bertz CT molecular complexity index is 693. The molecule has 0 aromatic rings. The van der Waals surface area contributed by atoms with E-state index in [1.54, 1.807) is 6.08 Å². The van der Waals surface area contributed by atoms with Crippen LogP contribution in [0.25, 0.3) is 0 Å². The first kappa shape index (κ1) is 37.0. The Labute approximate surface area is 233 Å². The Morgan fingerprint density at radius 3 is 2.11 bits per heavy atom. The number of nitrogens with zero attached hydrogens (tertiary/aromatic N) is 1. The van der Waals surface area contributed by atoms with Crippen LogP contribution >= 0.6 is 7.82 Å². The minimum atomic E-state index is -4.31. The number of quaternary nitrogens is 1. The number of rotatable bonds is 25. The molecule has 3 N–H and O–H groups in total. The predicted octanol–water partition coefficient (Wildman–Crippen LogP) is 6.29. The molecule has 0 aliphatic carbocycles. The minimum absolute atomic E-state index is 0.0589. The molecular formula is C29H58N2O6P+. The van der Waals surface area contributed by atoms with Crippen molar-refractivity contribution in [3.63, 3.8) is 0 Å². The number of carbonyl (C=O) groups is 1. The lowest BCUT2D eigenvalue weighted by atomic mass is 10.1. The van der Waals surface area contributed by atoms with Crippen LogP contribution in [0, 0.1) is 0 Å². The van der Waals surface area contributed by atoms with Gasteiger partial charge in [-0.05, 0) is 38.5 Å². The van der Waals surface area contributed by atoms with E-state index >= 15 is 0 Å². The van der Waals surface area contributed by atoms with Crippen molar-refractivity contribution in [1.29, 1.82) is 0 Å². The van der Waals surface area contributed by atoms with Gasteiger partial charge in [-0.2, -0.15) is 0 Å². The molecule has 0 aromatic carbocycles. The largest absolute Gasteiger partial charge is 0.472 e. The van der Waals surface area contributed by atoms with E-state index < -0.39 is 20.0 Å². The first-order valence-electron chi connectivity index (χ1n) is 14.7. The highest BCUT2D eigenvalue weighted by atomic mass is 31.2. The molecule has 3 atom stereocenters. The summed E-state index contributed by atoms with van der Waals surface area (Å²) in [5, 5.41) is 13.4. The van der Waals surface area contributed by atoms with Gasteiger partial charge < -0.3 is 19.8 Å². The molecular weight excluding hydrogens is 503 g/mol. The van der Waals surface area contributed by atoms with Crippen LogP contribution in [0.3, 0.4) is 0 Å². The number of phosphoric ester groups is 1. The third kappa shape index (κ3) is 24.1. The van der Waals surface area contributed by atoms with Crippen molar-refractivity contribution >= 4 is 13.7 Å². The monoisotopic (exact) mass is 561 g/mol. The summed E-state index contributed by atoms with van der Waals surface area (Å²) in [7, 11) is 1.55. The highest BCUT2D eigenvalue weighted by Gasteiger charge is 2.27. The molecule has 38 heavy (non-hydrogen) atoms. The van der Waals surface area contributed by atoms with Crippen molar-refractivity contribution in [1.82, 2.24) is 5.32 Å². The number of aliphatic hydroxyl groups excluding tert-OH is 1. The summed E-state index contributed by atoms with van der Waals surface area (Å²) in [4.78, 5) is 22.6. The van der Waals surface area contributed by atoms with Crippen LogP contribution in [0.1, 0.15) is 104 Å². The smallest absolute Gasteiger partial charge is 0.387 e. The number of likely N-dealkylation sites (N-methyl/N-ethyl adjacent to an activating group) is 1. The fourth-order valence-corrected chi connectivity index (χ4v) is 4.40. The second-order valence-corrected chi connectivity index (χ2v) is 12.6. The van der Waals surface area contributed by atoms with Gasteiger partial charge in [0, 0.05) is 6.42 Å². The molecule has 224 valence electrons. The summed E-state index contributed by atoms with van der Waals surface area (Å²) in [6.07, 6.45) is 21.3. The first-order chi connectivity index (χ1) is 18.0. The van der Waals surface area contributed by atoms with Gasteiger partial charge in [0.25, 0.3) is 0 Å². The maximum Gasteiger partial charge on any atom is 0.472 e. The SMILES string of the molecule is CCCC/C=C\CCCCCCCC(=O)NC(COP(=O)(O)OCC[N+](C)(C)C)C(O)/C=C/CCCCC. The zero-order valence-electron chi connectivity index (χ0n) is 24.9. The van der Waals surface area contributed by atoms with Gasteiger partial charge in [0.15, 0.2) is 0 Å². The maximum atomic E-state index is 12.6. The number of allylic oxidation sites excluding steroid dienone is 3. The first-order valence-corrected chi connectivity index (χ1v) is 16.2. The van der Waals surface area contributed by atoms with Crippen molar-refractivity contribution in [2.45, 2.75) is 116 Å². The van der Waals surface area contributed by atoms with Crippen molar-refractivity contribution in [2.24, 2.45) is 0 Å². The Kier molecular flexibility index (Phi) is 22.1. The standard InChI is InChI=1S/C29H57N2O6P/c1-6-8-10-12-13-14-15-16-17-19-21-23-29(33)30-27(28(32)22-20-18-11-9-7-2)26-37-38(34,35)36-25-24-31(3,4)5/h12-13,20,22,27-28,32H,6-11,14-19,21,23-26H2,1-5H3,(H-,30,33,34,35)/p+1/b13-12-,22-20+. The zero-order chi connectivity index (χ0) is 28.7. The van der Waals surface area contributed by atoms with Gasteiger partial charge in [-0.25, -0.2) is 4.57 Å². The average Bonchev–Trinajstić information content (AvgIpc) is 2.83. The molecule has 0 saturated heterocycles. The van der Waals surface area contributed by atoms with E-state index in [1.165, 1.54) is 25.7 Å². The molecule has 0 heterocycles. The predicted molar refractivity (Wildman–Crippen MR) is 157 cm³/mol. The van der Waals surface area contributed by atoms with E-state index in [-0.39, 0.29) is 19.1 Å². The van der Waals surface area contributed by atoms with E-state index in [0.29, 0.717) is 17.4 Å². The van der Waals surface area contributed by atoms with Crippen molar-refractivity contribution < 1.29 is 32.9 Å². The van der Waals surface area contributed by atoms with Gasteiger partial charge in [-0.1, -0.05) is 83.1 Å². The van der Waals surface area contributed by atoms with Crippen molar-refractivity contribution in [3.05, 3.63) is 24.3 Å². The third-order valence-corrected chi connectivity index (χ3v) is 7.15. The second kappa shape index (κ2) is 22.8. The summed E-state index contributed by atoms with van der Waals surface area (Å²) in [6.45, 7) is 4.60. The lowest BCUT2D eigenvalue weighted by molar-refractivity contribution is -0.870. The fourth-order valence-electron chi connectivity index (χ4n) is 3.66. The number of unbranched alkanes of at least 4 members (excludes halogenated alkanes) is 10. The number of hydrogen-bond donors (Lipinski definition) is 3. The van der Waals surface area contributed by atoms with E-state index in [0.717, 1.165) is 57.8 Å². The van der Waals surface area contributed by atoms with Crippen LogP contribution in [0.15, 0.2) is 24.3 Å². The molecule has 0 rings (SSSR count). The Morgan fingerprint density at radius 2 is 1.45 bits per heavy atom. The van der Waals surface area contributed by atoms with Crippen LogP contribution in [0.2, 0.25) is 0 Å². The highest BCUT2D eigenvalue weighted by molar-refractivity contribution is 7.47. The zero-order valence-corrected chi connectivity index (χ0v) is 25.8. The van der Waals surface area contributed by atoms with Crippen molar-refractivity contribution in [2.75, 3.05) is 40.9 Å². The number of phosphoric acid groups is 1. The van der Waals surface area contributed by atoms with E-state index in [4.69, 9.17) is 9.05 Å². The van der Waals surface area contributed by atoms with Gasteiger partial charge in [-0.15, -0.1) is 0 Å². The van der Waals surface area contributed by atoms with Crippen LogP contribution in [-0.4, -0.2) is 73.4 Å². The molecule has 0 bridgehead atoms. The molecule has 0 fully saturated rings. The second-order valence-electron chi connectivity index (χ2n) is 11.1. The Morgan fingerprint density at radius 1 is 0.868 bits per heavy atom. The quantitative estimate of drug-likeness (QED) is 0.0524. The van der Waals surface area contributed by atoms with Crippen LogP contribution in [-0.2, 0) is 18.4 Å². The molecule has 3 unspecified atom stereocenters. The summed E-state index contributed by atoms with van der Waals surface area (Å²) < 4.78 is 23.1. The molecule has 1 amide bonds. The lowest BCUT2D eigenvalue weighted by Gasteiger charge is -2.25. The number of amides is 1. The van der Waals surface area contributed by atoms with Crippen molar-refractivity contribution in [3.8, 4) is 0 Å². The fraction of sp³-hybridized carbons (Fsp3) is 0.828. The van der Waals surface area contributed by atoms with Crippen LogP contribution < -0.4 is 5.32 Å². The van der Waals surface area contributed by atoms with Gasteiger partial charge in [0.2, 0.25) is 5.91 Å². The van der Waals surface area contributed by atoms with Gasteiger partial charge >= 0.3 is 7.82 Å². The average molecular weight is 562 g/mol. The maximum absolute atomic E-state index is 12.6. The summed E-state index contributed by atoms with van der Waals surface area (Å²) in [6, 6.07) is -0.841. The van der Waals surface area contributed by atoms with Crippen LogP contribution in [0.4, 0.5) is 0 Å². The molecule has 8 nitrogen and oxygen atoms in total. The molecule has 0 radical (unpaired) electrons. The molecule has 0 spiro atoms. The lowest BCUT2D eigenvalue weighted by Crippen LogP contribution is -2.45. The normalized spacial score (nSPS) is 15.7. The molecule has 0 aliphatic rings. The Balaban J connectivity index is 4.59. The summed E-state index contributed by atoms with van der Waals surface area (Å²) in [5.41, 5.74) is 0. The number of aliphatic hydroxyl groups is 1. The summed E-state index contributed by atoms with van der Waals surface area (Å²) >= 11 is 0. The van der Waals surface area contributed by atoms with Gasteiger partial charge in [-0.3, -0.25) is 13.8 Å². The minimum Gasteiger partial charge on any atom is -0.387 e. The van der Waals surface area contributed by atoms with E-state index in [2.05, 4.69) is 31.3 Å². The number of nitrogens with one attached hydrogen (secondary N) is 1. The van der Waals surface area contributed by atoms with Gasteiger partial charge in [0.05, 0.1) is 39.9 Å². The third-order valence-electron chi connectivity index (χ3n) is 6.17. The van der Waals surface area contributed by atoms with E-state index in [1.807, 2.05) is 27.2 Å². The number of carbonyl (C=O) groups excluding carboxylic acids is 1. The molecule has 0 saturated carbocycles. The van der Waals surface area contributed by atoms with Crippen LogP contribution in [0.5, 0.6) is 0 Å². The molecule has 0 aromatic heterocycles. The molecule has 9 heteroatoms. The molecule has 0 aliphatic heterocycles.